The van der Waals surface area contributed by atoms with E-state index in [0.717, 1.165) is 16.6 Å². The number of thioether (sulfide) groups is 1. The Labute approximate surface area is 116 Å². The molecule has 1 aromatic rings. The predicted octanol–water partition coefficient (Wildman–Crippen LogP) is 3.47. The van der Waals surface area contributed by atoms with E-state index in [-0.39, 0.29) is 5.54 Å². The second-order valence-corrected chi connectivity index (χ2v) is 6.88. The summed E-state index contributed by atoms with van der Waals surface area (Å²) in [6, 6.07) is 8.25. The minimum absolute atomic E-state index is 0.0345. The van der Waals surface area contributed by atoms with Gasteiger partial charge in [0.2, 0.25) is 0 Å². The molecule has 94 valence electrons. The largest absolute Gasteiger partial charge is 0.376 e. The van der Waals surface area contributed by atoms with E-state index in [9.17, 15) is 0 Å². The standard InChI is InChI=1S/C13H19BrN2S/c1-10-13(9-15,7-4-8-17-10)16-12-6-3-2-5-11(12)14/h2-3,5-6,10,16H,4,7-9,15H2,1H3. The van der Waals surface area contributed by atoms with Gasteiger partial charge in [-0.2, -0.15) is 11.8 Å². The molecule has 1 heterocycles. The van der Waals surface area contributed by atoms with Gasteiger partial charge in [0.15, 0.2) is 0 Å². The van der Waals surface area contributed by atoms with Gasteiger partial charge in [-0.05, 0) is 46.7 Å². The minimum atomic E-state index is 0.0345. The zero-order valence-corrected chi connectivity index (χ0v) is 12.5. The summed E-state index contributed by atoms with van der Waals surface area (Å²) in [6.45, 7) is 2.96. The Kier molecular flexibility index (Phi) is 4.39. The fourth-order valence-electron chi connectivity index (χ4n) is 2.32. The van der Waals surface area contributed by atoms with Gasteiger partial charge in [-0.15, -0.1) is 0 Å². The van der Waals surface area contributed by atoms with Crippen LogP contribution in [0.5, 0.6) is 0 Å². The first-order valence-corrected chi connectivity index (χ1v) is 7.86. The number of hydrogen-bond donors (Lipinski definition) is 2. The molecule has 2 unspecified atom stereocenters. The molecule has 4 heteroatoms. The molecule has 1 aliphatic heterocycles. The molecule has 1 fully saturated rings. The molecule has 0 aromatic heterocycles. The number of para-hydroxylation sites is 1. The van der Waals surface area contributed by atoms with E-state index < -0.39 is 0 Å². The Bertz CT molecular complexity index is 385. The number of nitrogens with two attached hydrogens (primary N) is 1. The van der Waals surface area contributed by atoms with Gasteiger partial charge in [0.05, 0.1) is 5.54 Å². The van der Waals surface area contributed by atoms with Crippen LogP contribution in [0.4, 0.5) is 5.69 Å². The summed E-state index contributed by atoms with van der Waals surface area (Å²) in [5.41, 5.74) is 7.22. The third kappa shape index (κ3) is 2.80. The first-order chi connectivity index (χ1) is 8.18. The Morgan fingerprint density at radius 3 is 2.94 bits per heavy atom. The fourth-order valence-corrected chi connectivity index (χ4v) is 3.96. The van der Waals surface area contributed by atoms with Crippen LogP contribution < -0.4 is 11.1 Å². The molecule has 2 atom stereocenters. The van der Waals surface area contributed by atoms with E-state index in [1.165, 1.54) is 12.2 Å². The quantitative estimate of drug-likeness (QED) is 0.897. The van der Waals surface area contributed by atoms with Crippen LogP contribution in [0.1, 0.15) is 19.8 Å². The van der Waals surface area contributed by atoms with Gasteiger partial charge >= 0.3 is 0 Å². The zero-order valence-electron chi connectivity index (χ0n) is 10.1. The van der Waals surface area contributed by atoms with Crippen molar-refractivity contribution in [2.45, 2.75) is 30.6 Å². The van der Waals surface area contributed by atoms with E-state index >= 15 is 0 Å². The van der Waals surface area contributed by atoms with Gasteiger partial charge in [-0.1, -0.05) is 19.1 Å². The second kappa shape index (κ2) is 5.63. The lowest BCUT2D eigenvalue weighted by atomic mass is 9.89. The smallest absolute Gasteiger partial charge is 0.0611 e. The van der Waals surface area contributed by atoms with Crippen LogP contribution in [0.15, 0.2) is 28.7 Å². The Morgan fingerprint density at radius 1 is 1.53 bits per heavy atom. The Hall–Kier alpha value is -0.190. The summed E-state index contributed by atoms with van der Waals surface area (Å²) in [5, 5.41) is 4.22. The van der Waals surface area contributed by atoms with E-state index in [1.54, 1.807) is 0 Å². The SMILES string of the molecule is CC1SCCCC1(CN)Nc1ccccc1Br. The maximum Gasteiger partial charge on any atom is 0.0611 e. The molecule has 0 saturated carbocycles. The molecule has 0 amide bonds. The first kappa shape index (κ1) is 13.2. The van der Waals surface area contributed by atoms with Gasteiger partial charge in [0, 0.05) is 22.0 Å². The van der Waals surface area contributed by atoms with Crippen molar-refractivity contribution in [1.82, 2.24) is 0 Å². The molecule has 2 rings (SSSR count). The van der Waals surface area contributed by atoms with Crippen LogP contribution in [-0.2, 0) is 0 Å². The molecule has 0 radical (unpaired) electrons. The van der Waals surface area contributed by atoms with E-state index in [1.807, 2.05) is 17.8 Å². The third-order valence-corrected chi connectivity index (χ3v) is 5.70. The number of nitrogens with one attached hydrogen (secondary N) is 1. The zero-order chi connectivity index (χ0) is 12.3. The highest BCUT2D eigenvalue weighted by Gasteiger charge is 2.37. The van der Waals surface area contributed by atoms with Crippen molar-refractivity contribution in [3.63, 3.8) is 0 Å². The highest BCUT2D eigenvalue weighted by Crippen LogP contribution is 2.37. The highest BCUT2D eigenvalue weighted by atomic mass is 79.9. The number of halogens is 1. The van der Waals surface area contributed by atoms with Gasteiger partial charge in [0.1, 0.15) is 0 Å². The molecule has 1 aliphatic rings. The molecular weight excluding hydrogens is 296 g/mol. The van der Waals surface area contributed by atoms with Gasteiger partial charge < -0.3 is 11.1 Å². The van der Waals surface area contributed by atoms with E-state index in [2.05, 4.69) is 46.4 Å². The maximum atomic E-state index is 6.04. The maximum absolute atomic E-state index is 6.04. The number of anilines is 1. The van der Waals surface area contributed by atoms with Crippen LogP contribution in [0.3, 0.4) is 0 Å². The van der Waals surface area contributed by atoms with Crippen LogP contribution in [0.2, 0.25) is 0 Å². The third-order valence-electron chi connectivity index (χ3n) is 3.53. The molecule has 17 heavy (non-hydrogen) atoms. The lowest BCUT2D eigenvalue weighted by Crippen LogP contribution is -2.54. The minimum Gasteiger partial charge on any atom is -0.376 e. The van der Waals surface area contributed by atoms with Crippen LogP contribution in [0, 0.1) is 0 Å². The van der Waals surface area contributed by atoms with Gasteiger partial charge in [-0.3, -0.25) is 0 Å². The lowest BCUT2D eigenvalue weighted by molar-refractivity contribution is 0.422. The number of rotatable bonds is 3. The predicted molar refractivity (Wildman–Crippen MR) is 80.7 cm³/mol. The summed E-state index contributed by atoms with van der Waals surface area (Å²) in [7, 11) is 0. The van der Waals surface area contributed by atoms with Crippen molar-refractivity contribution >= 4 is 33.4 Å². The average molecular weight is 315 g/mol. The normalized spacial score (nSPS) is 29.0. The van der Waals surface area contributed by atoms with Crippen molar-refractivity contribution in [2.24, 2.45) is 5.73 Å². The summed E-state index contributed by atoms with van der Waals surface area (Å²) in [6.07, 6.45) is 2.39. The van der Waals surface area contributed by atoms with Crippen LogP contribution in [-0.4, -0.2) is 23.1 Å². The summed E-state index contributed by atoms with van der Waals surface area (Å²) < 4.78 is 1.11. The van der Waals surface area contributed by atoms with E-state index in [0.29, 0.717) is 11.8 Å². The summed E-state index contributed by atoms with van der Waals surface area (Å²) in [4.78, 5) is 0. The van der Waals surface area contributed by atoms with Gasteiger partial charge in [-0.25, -0.2) is 0 Å². The molecule has 2 nitrogen and oxygen atoms in total. The van der Waals surface area contributed by atoms with Crippen molar-refractivity contribution in [3.05, 3.63) is 28.7 Å². The van der Waals surface area contributed by atoms with Crippen molar-refractivity contribution in [1.29, 1.82) is 0 Å². The Morgan fingerprint density at radius 2 is 2.29 bits per heavy atom. The van der Waals surface area contributed by atoms with Crippen molar-refractivity contribution < 1.29 is 0 Å². The topological polar surface area (TPSA) is 38.0 Å². The lowest BCUT2D eigenvalue weighted by Gasteiger charge is -2.43. The summed E-state index contributed by atoms with van der Waals surface area (Å²) >= 11 is 5.60. The molecule has 0 spiro atoms. The van der Waals surface area contributed by atoms with Crippen LogP contribution >= 0.6 is 27.7 Å². The molecule has 0 bridgehead atoms. The second-order valence-electron chi connectivity index (χ2n) is 4.58. The Balaban J connectivity index is 2.22. The van der Waals surface area contributed by atoms with Crippen molar-refractivity contribution in [2.75, 3.05) is 17.6 Å². The van der Waals surface area contributed by atoms with Gasteiger partial charge in [0.25, 0.3) is 0 Å². The van der Waals surface area contributed by atoms with E-state index in [4.69, 9.17) is 5.73 Å². The first-order valence-electron chi connectivity index (χ1n) is 6.02. The molecule has 0 aliphatic carbocycles. The molecule has 1 aromatic carbocycles. The molecule has 1 saturated heterocycles. The number of benzene rings is 1. The average Bonchev–Trinajstić information content (AvgIpc) is 2.35. The number of hydrogen-bond acceptors (Lipinski definition) is 3. The monoisotopic (exact) mass is 314 g/mol. The highest BCUT2D eigenvalue weighted by molar-refractivity contribution is 9.10. The fraction of sp³-hybridized carbons (Fsp3) is 0.538. The van der Waals surface area contributed by atoms with Crippen molar-refractivity contribution in [3.8, 4) is 0 Å². The summed E-state index contributed by atoms with van der Waals surface area (Å²) in [5.74, 6) is 1.25. The van der Waals surface area contributed by atoms with Crippen LogP contribution in [0.25, 0.3) is 0 Å². The molecule has 3 N–H and O–H groups in total. The molecular formula is C13H19BrN2S.